The zero-order valence-corrected chi connectivity index (χ0v) is 22.0. The highest BCUT2D eigenvalue weighted by atomic mass is 16.7. The Hall–Kier alpha value is -2.66. The van der Waals surface area contributed by atoms with E-state index in [1.165, 1.54) is 0 Å². The predicted octanol–water partition coefficient (Wildman–Crippen LogP) is 3.49. The minimum absolute atomic E-state index is 0.0705. The monoisotopic (exact) mass is 538 g/mol. The fourth-order valence-corrected chi connectivity index (χ4v) is 4.47. The number of benzene rings is 3. The van der Waals surface area contributed by atoms with E-state index in [-0.39, 0.29) is 33.0 Å². The first-order chi connectivity index (χ1) is 19.3. The van der Waals surface area contributed by atoms with E-state index in [2.05, 4.69) is 0 Å². The average molecular weight is 539 g/mol. The van der Waals surface area contributed by atoms with Crippen molar-refractivity contribution in [3.05, 3.63) is 108 Å². The zero-order chi connectivity index (χ0) is 27.1. The van der Waals surface area contributed by atoms with Crippen molar-refractivity contribution in [1.82, 2.24) is 0 Å². The van der Waals surface area contributed by atoms with E-state index in [4.69, 9.17) is 28.4 Å². The van der Waals surface area contributed by atoms with E-state index in [0.717, 1.165) is 16.7 Å². The van der Waals surface area contributed by atoms with Gasteiger partial charge in [-0.2, -0.15) is 0 Å². The summed E-state index contributed by atoms with van der Waals surface area (Å²) in [4.78, 5) is 0. The van der Waals surface area contributed by atoms with Gasteiger partial charge >= 0.3 is 0 Å². The van der Waals surface area contributed by atoms with Crippen LogP contribution in [0, 0.1) is 0 Å². The fourth-order valence-electron chi connectivity index (χ4n) is 4.47. The SMILES string of the molecule is OCCO[C@H]1O[C@H](COCc2ccccc2)[C@@H](OCCO)[C@H](OCc2ccccc2)[C@H]1OCc1ccccc1. The van der Waals surface area contributed by atoms with Crippen LogP contribution in [0.3, 0.4) is 0 Å². The molecule has 0 aliphatic carbocycles. The molecule has 1 aliphatic rings. The number of ether oxygens (including phenoxy) is 6. The molecular weight excluding hydrogens is 500 g/mol. The molecule has 0 spiro atoms. The van der Waals surface area contributed by atoms with Crippen molar-refractivity contribution in [2.45, 2.75) is 50.5 Å². The molecule has 2 N–H and O–H groups in total. The molecular formula is C31H38O8. The highest BCUT2D eigenvalue weighted by molar-refractivity contribution is 5.15. The van der Waals surface area contributed by atoms with Gasteiger partial charge in [-0.3, -0.25) is 0 Å². The lowest BCUT2D eigenvalue weighted by Gasteiger charge is -2.45. The molecule has 0 radical (unpaired) electrons. The lowest BCUT2D eigenvalue weighted by molar-refractivity contribution is -0.328. The Morgan fingerprint density at radius 2 is 1.03 bits per heavy atom. The first-order valence-electron chi connectivity index (χ1n) is 13.3. The Morgan fingerprint density at radius 3 is 1.56 bits per heavy atom. The van der Waals surface area contributed by atoms with Gasteiger partial charge in [0.05, 0.1) is 52.9 Å². The van der Waals surface area contributed by atoms with Crippen molar-refractivity contribution in [3.63, 3.8) is 0 Å². The molecule has 1 saturated heterocycles. The van der Waals surface area contributed by atoms with Gasteiger partial charge in [0.2, 0.25) is 0 Å². The van der Waals surface area contributed by atoms with Crippen LogP contribution in [-0.4, -0.2) is 74.0 Å². The van der Waals surface area contributed by atoms with Crippen LogP contribution in [0.2, 0.25) is 0 Å². The third-order valence-corrected chi connectivity index (χ3v) is 6.33. The second-order valence-electron chi connectivity index (χ2n) is 9.22. The molecule has 1 aliphatic heterocycles. The van der Waals surface area contributed by atoms with E-state index < -0.39 is 30.7 Å². The lowest BCUT2D eigenvalue weighted by atomic mass is 9.98. The second kappa shape index (κ2) is 16.4. The highest BCUT2D eigenvalue weighted by Crippen LogP contribution is 2.31. The maximum atomic E-state index is 9.57. The summed E-state index contributed by atoms with van der Waals surface area (Å²) in [6, 6.07) is 29.5. The van der Waals surface area contributed by atoms with E-state index in [1.54, 1.807) is 0 Å². The van der Waals surface area contributed by atoms with Gasteiger partial charge in [0.25, 0.3) is 0 Å². The molecule has 3 aromatic carbocycles. The van der Waals surface area contributed by atoms with Crippen molar-refractivity contribution >= 4 is 0 Å². The molecule has 8 heteroatoms. The molecule has 0 aromatic heterocycles. The van der Waals surface area contributed by atoms with Crippen molar-refractivity contribution in [2.24, 2.45) is 0 Å². The molecule has 5 atom stereocenters. The fraction of sp³-hybridized carbons (Fsp3) is 0.419. The van der Waals surface area contributed by atoms with Crippen LogP contribution in [0.4, 0.5) is 0 Å². The van der Waals surface area contributed by atoms with Crippen LogP contribution in [-0.2, 0) is 48.2 Å². The molecule has 1 heterocycles. The Kier molecular flexibility index (Phi) is 12.4. The molecule has 0 amide bonds. The molecule has 8 nitrogen and oxygen atoms in total. The molecule has 0 unspecified atom stereocenters. The van der Waals surface area contributed by atoms with Crippen LogP contribution < -0.4 is 0 Å². The molecule has 4 rings (SSSR count). The van der Waals surface area contributed by atoms with Gasteiger partial charge < -0.3 is 38.6 Å². The van der Waals surface area contributed by atoms with E-state index in [1.807, 2.05) is 91.0 Å². The van der Waals surface area contributed by atoms with Gasteiger partial charge in [0.1, 0.15) is 24.4 Å². The Balaban J connectivity index is 1.56. The number of rotatable bonds is 16. The van der Waals surface area contributed by atoms with Gasteiger partial charge in [-0.1, -0.05) is 91.0 Å². The number of hydrogen-bond acceptors (Lipinski definition) is 8. The van der Waals surface area contributed by atoms with Gasteiger partial charge in [0, 0.05) is 0 Å². The third kappa shape index (κ3) is 9.20. The van der Waals surface area contributed by atoms with Crippen molar-refractivity contribution in [1.29, 1.82) is 0 Å². The summed E-state index contributed by atoms with van der Waals surface area (Å²) < 4.78 is 37.3. The summed E-state index contributed by atoms with van der Waals surface area (Å²) in [5, 5.41) is 19.0. The number of aliphatic hydroxyl groups excluding tert-OH is 2. The summed E-state index contributed by atoms with van der Waals surface area (Å²) in [6.07, 6.45) is -3.29. The van der Waals surface area contributed by atoms with Gasteiger partial charge in [-0.25, -0.2) is 0 Å². The topological polar surface area (TPSA) is 95.8 Å². The van der Waals surface area contributed by atoms with Crippen LogP contribution in [0.25, 0.3) is 0 Å². The average Bonchev–Trinajstić information content (AvgIpc) is 2.99. The van der Waals surface area contributed by atoms with Crippen LogP contribution in [0.5, 0.6) is 0 Å². The van der Waals surface area contributed by atoms with Gasteiger partial charge in [0.15, 0.2) is 6.29 Å². The minimum atomic E-state index is -0.832. The second-order valence-corrected chi connectivity index (χ2v) is 9.22. The summed E-state index contributed by atoms with van der Waals surface area (Å²) in [5.74, 6) is 0. The Bertz CT molecular complexity index is 1040. The van der Waals surface area contributed by atoms with E-state index >= 15 is 0 Å². The van der Waals surface area contributed by atoms with Crippen LogP contribution in [0.15, 0.2) is 91.0 Å². The Labute approximate surface area is 230 Å². The van der Waals surface area contributed by atoms with Gasteiger partial charge in [-0.15, -0.1) is 0 Å². The van der Waals surface area contributed by atoms with Crippen LogP contribution in [0.1, 0.15) is 16.7 Å². The molecule has 3 aromatic rings. The largest absolute Gasteiger partial charge is 0.394 e. The van der Waals surface area contributed by atoms with Crippen molar-refractivity contribution < 1.29 is 38.6 Å². The first kappa shape index (κ1) is 29.3. The predicted molar refractivity (Wildman–Crippen MR) is 145 cm³/mol. The quantitative estimate of drug-likeness (QED) is 0.286. The first-order valence-corrected chi connectivity index (χ1v) is 13.3. The summed E-state index contributed by atoms with van der Waals surface area (Å²) in [7, 11) is 0. The Morgan fingerprint density at radius 1 is 0.538 bits per heavy atom. The van der Waals surface area contributed by atoms with Crippen LogP contribution >= 0.6 is 0 Å². The minimum Gasteiger partial charge on any atom is -0.394 e. The van der Waals surface area contributed by atoms with E-state index in [0.29, 0.717) is 19.8 Å². The molecule has 39 heavy (non-hydrogen) atoms. The molecule has 0 bridgehead atoms. The number of hydrogen-bond donors (Lipinski definition) is 2. The summed E-state index contributed by atoms with van der Waals surface area (Å²) in [5.41, 5.74) is 3.02. The normalized spacial score (nSPS) is 23.1. The smallest absolute Gasteiger partial charge is 0.187 e. The summed E-state index contributed by atoms with van der Waals surface area (Å²) in [6.45, 7) is 1.09. The third-order valence-electron chi connectivity index (χ3n) is 6.33. The zero-order valence-electron chi connectivity index (χ0n) is 22.0. The van der Waals surface area contributed by atoms with Gasteiger partial charge in [-0.05, 0) is 16.7 Å². The molecule has 210 valence electrons. The molecule has 0 saturated carbocycles. The summed E-state index contributed by atoms with van der Waals surface area (Å²) >= 11 is 0. The standard InChI is InChI=1S/C31H38O8/c32-16-18-35-28-27(23-34-20-24-10-4-1-5-11-24)39-31(36-19-17-33)30(38-22-26-14-8-3-9-15-26)29(28)37-21-25-12-6-2-7-13-25/h1-15,27-33H,16-23H2/t27-,28-,29+,30-,31+/m1/s1. The van der Waals surface area contributed by atoms with Crippen molar-refractivity contribution in [3.8, 4) is 0 Å². The maximum absolute atomic E-state index is 9.57. The highest BCUT2D eigenvalue weighted by Gasteiger charge is 2.49. The lowest BCUT2D eigenvalue weighted by Crippen LogP contribution is -2.62. The maximum Gasteiger partial charge on any atom is 0.187 e. The molecule has 1 fully saturated rings. The van der Waals surface area contributed by atoms with Crippen molar-refractivity contribution in [2.75, 3.05) is 33.0 Å². The van der Waals surface area contributed by atoms with E-state index in [9.17, 15) is 10.2 Å². The number of aliphatic hydroxyl groups is 2.